The van der Waals surface area contributed by atoms with E-state index in [1.165, 1.54) is 13.2 Å². The number of piperidine rings is 1. The van der Waals surface area contributed by atoms with Crippen molar-refractivity contribution in [2.24, 2.45) is 5.73 Å². The van der Waals surface area contributed by atoms with Gasteiger partial charge >= 0.3 is 6.03 Å². The number of nitrogens with two attached hydrogens (primary N) is 1. The molecule has 1 aliphatic rings. The minimum absolute atomic E-state index is 0.0928. The monoisotopic (exact) mass is 660 g/mol. The number of methoxy groups -OCH3 is 1. The van der Waals surface area contributed by atoms with Gasteiger partial charge in [0.25, 0.3) is 5.91 Å². The van der Waals surface area contributed by atoms with E-state index in [-0.39, 0.29) is 11.7 Å². The highest BCUT2D eigenvalue weighted by atomic mass is 32.2. The zero-order chi connectivity index (χ0) is 33.4. The molecule has 1 fully saturated rings. The number of unbranched alkanes of at least 4 members (excludes halogenated alkanes) is 1. The van der Waals surface area contributed by atoms with Crippen LogP contribution in [0.15, 0.2) is 48.7 Å². The number of halogens is 2. The summed E-state index contributed by atoms with van der Waals surface area (Å²) < 4.78 is 65.0. The van der Waals surface area contributed by atoms with E-state index in [4.69, 9.17) is 15.2 Å². The van der Waals surface area contributed by atoms with Crippen molar-refractivity contribution in [1.82, 2.24) is 14.8 Å². The van der Waals surface area contributed by atoms with E-state index in [0.29, 0.717) is 68.2 Å². The number of likely N-dealkylation sites (tertiary alicyclic amines) is 1. The largest absolute Gasteiger partial charge is 0.493 e. The summed E-state index contributed by atoms with van der Waals surface area (Å²) in [4.78, 5) is 33.1. The van der Waals surface area contributed by atoms with Gasteiger partial charge in [-0.2, -0.15) is 0 Å². The summed E-state index contributed by atoms with van der Waals surface area (Å²) in [5, 5.41) is 2.50. The molecule has 0 bridgehead atoms. The van der Waals surface area contributed by atoms with E-state index in [1.54, 1.807) is 29.3 Å². The normalized spacial score (nSPS) is 14.0. The molecule has 248 valence electrons. The van der Waals surface area contributed by atoms with Gasteiger partial charge in [0.2, 0.25) is 15.9 Å². The Balaban J connectivity index is 1.34. The molecule has 0 saturated carbocycles. The maximum Gasteiger partial charge on any atom is 0.322 e. The first kappa shape index (κ1) is 34.4. The van der Waals surface area contributed by atoms with E-state index in [9.17, 15) is 26.8 Å². The van der Waals surface area contributed by atoms with Crippen molar-refractivity contribution in [2.75, 3.05) is 43.0 Å². The Kier molecular flexibility index (Phi) is 11.4. The minimum Gasteiger partial charge on any atom is -0.493 e. The number of carbonyl (C=O) groups is 2. The average Bonchev–Trinajstić information content (AvgIpc) is 3.00. The van der Waals surface area contributed by atoms with Crippen LogP contribution >= 0.6 is 0 Å². The Bertz CT molecular complexity index is 1650. The van der Waals surface area contributed by atoms with E-state index in [0.717, 1.165) is 30.7 Å². The lowest BCUT2D eigenvalue weighted by Crippen LogP contribution is -2.49. The SMILES string of the molecule is CCCCN(C(=O)Nc1cc(C(N)=O)c(F)cc1F)C1CCN(Cc2ccc(Oc3ccc(NS(C)(=O)=O)cc3OC)nc2)CC1. The van der Waals surface area contributed by atoms with Gasteiger partial charge in [-0.05, 0) is 43.0 Å². The summed E-state index contributed by atoms with van der Waals surface area (Å²) in [7, 11) is -1.99. The highest BCUT2D eigenvalue weighted by molar-refractivity contribution is 7.92. The highest BCUT2D eigenvalue weighted by Gasteiger charge is 2.29. The number of benzene rings is 2. The fourth-order valence-electron chi connectivity index (χ4n) is 5.15. The number of aromatic nitrogens is 1. The van der Waals surface area contributed by atoms with Gasteiger partial charge in [-0.3, -0.25) is 14.4 Å². The van der Waals surface area contributed by atoms with Crippen LogP contribution in [-0.2, 0) is 16.6 Å². The van der Waals surface area contributed by atoms with Gasteiger partial charge < -0.3 is 25.4 Å². The standard InChI is InChI=1S/C31H38F2N6O6S/c1-4-5-12-39(31(41)36-26-16-23(30(34)40)24(32)17-25(26)33)22-10-13-38(14-11-22)19-20-6-9-29(35-18-20)45-27-8-7-21(15-28(27)44-2)37-46(3,42)43/h6-9,15-18,22,37H,4-5,10-14,19H2,1-3H3,(H2,34,40)(H,36,41). The van der Waals surface area contributed by atoms with Crippen molar-refractivity contribution >= 4 is 33.3 Å². The number of amides is 3. The second-order valence-electron chi connectivity index (χ2n) is 11.0. The Morgan fingerprint density at radius 3 is 2.43 bits per heavy atom. The van der Waals surface area contributed by atoms with E-state index >= 15 is 0 Å². The molecule has 15 heteroatoms. The summed E-state index contributed by atoms with van der Waals surface area (Å²) >= 11 is 0. The molecule has 4 N–H and O–H groups in total. The molecule has 0 spiro atoms. The van der Waals surface area contributed by atoms with Gasteiger partial charge in [0, 0.05) is 56.6 Å². The molecule has 0 unspecified atom stereocenters. The molecule has 1 aliphatic heterocycles. The topological polar surface area (TPSA) is 156 Å². The van der Waals surface area contributed by atoms with Gasteiger partial charge in [0.15, 0.2) is 11.5 Å². The maximum absolute atomic E-state index is 14.4. The number of nitrogens with zero attached hydrogens (tertiary/aromatic N) is 3. The van der Waals surface area contributed by atoms with Crippen molar-refractivity contribution < 1.29 is 36.3 Å². The lowest BCUT2D eigenvalue weighted by atomic mass is 10.0. The third-order valence-electron chi connectivity index (χ3n) is 7.46. The number of hydrogen-bond donors (Lipinski definition) is 3. The predicted molar refractivity (Wildman–Crippen MR) is 170 cm³/mol. The average molecular weight is 661 g/mol. The van der Waals surface area contributed by atoms with Crippen molar-refractivity contribution in [3.63, 3.8) is 0 Å². The molecule has 0 radical (unpaired) electrons. The van der Waals surface area contributed by atoms with E-state index in [1.807, 2.05) is 13.0 Å². The molecule has 12 nitrogen and oxygen atoms in total. The smallest absolute Gasteiger partial charge is 0.322 e. The fourth-order valence-corrected chi connectivity index (χ4v) is 5.71. The quantitative estimate of drug-likeness (QED) is 0.233. The van der Waals surface area contributed by atoms with Crippen LogP contribution in [0.1, 0.15) is 48.5 Å². The number of pyridine rings is 1. The highest BCUT2D eigenvalue weighted by Crippen LogP contribution is 2.33. The lowest BCUT2D eigenvalue weighted by molar-refractivity contribution is 0.0996. The molecule has 0 aliphatic carbocycles. The molecule has 1 saturated heterocycles. The summed E-state index contributed by atoms with van der Waals surface area (Å²) in [6, 6.07) is 9.14. The van der Waals surface area contributed by atoms with Crippen molar-refractivity contribution in [2.45, 2.75) is 45.2 Å². The summed E-state index contributed by atoms with van der Waals surface area (Å²) in [6.07, 6.45) is 5.75. The van der Waals surface area contributed by atoms with Crippen molar-refractivity contribution in [3.8, 4) is 17.4 Å². The second kappa shape index (κ2) is 15.2. The zero-order valence-corrected chi connectivity index (χ0v) is 26.7. The van der Waals surface area contributed by atoms with Crippen LogP contribution in [0.4, 0.5) is 25.0 Å². The Labute approximate surface area is 266 Å². The lowest BCUT2D eigenvalue weighted by Gasteiger charge is -2.38. The number of carbonyl (C=O) groups excluding carboxylic acids is 2. The maximum atomic E-state index is 14.4. The number of hydrogen-bond acceptors (Lipinski definition) is 8. The first-order valence-corrected chi connectivity index (χ1v) is 16.6. The van der Waals surface area contributed by atoms with Crippen LogP contribution in [0, 0.1) is 11.6 Å². The molecular formula is C31H38F2N6O6S. The van der Waals surface area contributed by atoms with Crippen LogP contribution in [0.25, 0.3) is 0 Å². The van der Waals surface area contributed by atoms with E-state index < -0.39 is 39.2 Å². The van der Waals surface area contributed by atoms with Crippen molar-refractivity contribution in [1.29, 1.82) is 0 Å². The molecule has 46 heavy (non-hydrogen) atoms. The Morgan fingerprint density at radius 2 is 1.83 bits per heavy atom. The van der Waals surface area contributed by atoms with Crippen molar-refractivity contribution in [3.05, 3.63) is 71.4 Å². The second-order valence-corrected chi connectivity index (χ2v) is 12.8. The third kappa shape index (κ3) is 9.26. The summed E-state index contributed by atoms with van der Waals surface area (Å²) in [5.74, 6) is -2.10. The van der Waals surface area contributed by atoms with Crippen LogP contribution in [0.5, 0.6) is 17.4 Å². The first-order valence-electron chi connectivity index (χ1n) is 14.7. The molecular weight excluding hydrogens is 622 g/mol. The van der Waals surface area contributed by atoms with Gasteiger partial charge in [-0.1, -0.05) is 19.4 Å². The van der Waals surface area contributed by atoms with E-state index in [2.05, 4.69) is 19.9 Å². The van der Waals surface area contributed by atoms with Crippen LogP contribution in [-0.4, -0.2) is 74.2 Å². The molecule has 0 atom stereocenters. The fraction of sp³-hybridized carbons (Fsp3) is 0.387. The summed E-state index contributed by atoms with van der Waals surface area (Å²) in [5.41, 5.74) is 5.68. The molecule has 2 heterocycles. The number of primary amides is 1. The molecule has 3 amide bonds. The van der Waals surface area contributed by atoms with Gasteiger partial charge in [0.05, 0.1) is 30.3 Å². The molecule has 1 aromatic heterocycles. The van der Waals surface area contributed by atoms with Gasteiger partial charge in [-0.25, -0.2) is 27.0 Å². The zero-order valence-electron chi connectivity index (χ0n) is 25.9. The third-order valence-corrected chi connectivity index (χ3v) is 8.07. The number of sulfonamides is 1. The molecule has 4 rings (SSSR count). The molecule has 3 aromatic rings. The number of rotatable bonds is 13. The number of anilines is 2. The van der Waals surface area contributed by atoms with Crippen LogP contribution in [0.2, 0.25) is 0 Å². The Hall–Kier alpha value is -4.50. The number of urea groups is 1. The van der Waals surface area contributed by atoms with Crippen LogP contribution in [0.3, 0.4) is 0 Å². The van der Waals surface area contributed by atoms with Gasteiger partial charge in [0.1, 0.15) is 11.6 Å². The minimum atomic E-state index is -3.44. The number of ether oxygens (including phenoxy) is 2. The molecule has 2 aromatic carbocycles. The number of nitrogens with one attached hydrogen (secondary N) is 2. The predicted octanol–water partition coefficient (Wildman–Crippen LogP) is 4.93. The van der Waals surface area contributed by atoms with Gasteiger partial charge in [-0.15, -0.1) is 0 Å². The first-order chi connectivity index (χ1) is 21.9. The summed E-state index contributed by atoms with van der Waals surface area (Å²) in [6.45, 7) is 4.52. The Morgan fingerprint density at radius 1 is 1.09 bits per heavy atom. The van der Waals surface area contributed by atoms with Crippen LogP contribution < -0.4 is 25.2 Å².